The van der Waals surface area contributed by atoms with Gasteiger partial charge in [-0.25, -0.2) is 0 Å². The Balaban J connectivity index is 0.932. The Hall–Kier alpha value is -0.900. The van der Waals surface area contributed by atoms with Gasteiger partial charge in [0.15, 0.2) is 24.7 Å². The fraction of sp³-hybridized carbons (Fsp3) is 0.955. The Bertz CT molecular complexity index is 1560. The first-order chi connectivity index (χ1) is 28.5. The second-order valence-corrected chi connectivity index (χ2v) is 20.6. The zero-order valence-electron chi connectivity index (χ0n) is 35.6. The summed E-state index contributed by atoms with van der Waals surface area (Å²) in [5.74, 6) is 2.62. The molecule has 0 aromatic rings. The molecule has 9 rings (SSSR count). The number of rotatable bonds is 7. The van der Waals surface area contributed by atoms with Crippen LogP contribution in [-0.4, -0.2) is 165 Å². The van der Waals surface area contributed by atoms with Gasteiger partial charge in [-0.1, -0.05) is 39.3 Å². The highest BCUT2D eigenvalue weighted by Crippen LogP contribution is 2.70. The first-order valence-electron chi connectivity index (χ1n) is 22.8. The molecule has 3 saturated carbocycles. The van der Waals surface area contributed by atoms with Crippen molar-refractivity contribution in [3.05, 3.63) is 11.6 Å². The van der Waals surface area contributed by atoms with E-state index in [0.717, 1.165) is 45.1 Å². The van der Waals surface area contributed by atoms with Crippen LogP contribution in [0.25, 0.3) is 0 Å². The van der Waals surface area contributed by atoms with Gasteiger partial charge in [0.05, 0.1) is 38.1 Å². The van der Waals surface area contributed by atoms with Crippen molar-refractivity contribution in [3.8, 4) is 0 Å². The van der Waals surface area contributed by atoms with Crippen molar-refractivity contribution in [3.63, 3.8) is 0 Å². The quantitative estimate of drug-likeness (QED) is 0.166. The van der Waals surface area contributed by atoms with E-state index in [-0.39, 0.29) is 29.6 Å². The van der Waals surface area contributed by atoms with E-state index in [1.807, 2.05) is 0 Å². The average Bonchev–Trinajstić information content (AvgIpc) is 3.68. The van der Waals surface area contributed by atoms with E-state index in [0.29, 0.717) is 48.3 Å². The average molecular weight is 855 g/mol. The van der Waals surface area contributed by atoms with Crippen LogP contribution in [0.2, 0.25) is 0 Å². The highest BCUT2D eigenvalue weighted by molar-refractivity contribution is 5.26. The molecule has 16 nitrogen and oxygen atoms in total. The van der Waals surface area contributed by atoms with Crippen LogP contribution in [0.3, 0.4) is 0 Å². The maximum absolute atomic E-state index is 11.5. The standard InChI is InChI=1S/C44H70O16/c1-19-8-13-44(54-17-19)20(2)30-28(60-44)15-26-24-7-6-22-14-23(9-11-42(22,4)25(24)10-12-43(26,30)5)56-41-38(59-40-36(52)34(50)31(47)21(3)55-40)37(33(49)29(16-45)57-41)58-39-35(51)32(48)27(46)18-53-39/h6,19-21,23-41,45-52H,7-18H2,1-5H3/t19-,20-,21-,23-,24+,25-,26-,27+,28-,29+,30-,31-,32-,33+,34+,35+,36+,37-,38+,39-,40-,41?,42-,43-,44+/m0/s1. The summed E-state index contributed by atoms with van der Waals surface area (Å²) in [6.45, 7) is 10.9. The summed E-state index contributed by atoms with van der Waals surface area (Å²) < 4.78 is 50.1. The van der Waals surface area contributed by atoms with E-state index in [1.165, 1.54) is 18.9 Å². The van der Waals surface area contributed by atoms with Crippen LogP contribution in [0.1, 0.15) is 92.4 Å². The first-order valence-corrected chi connectivity index (χ1v) is 22.8. The van der Waals surface area contributed by atoms with E-state index >= 15 is 0 Å². The summed E-state index contributed by atoms with van der Waals surface area (Å²) in [4.78, 5) is 0. The van der Waals surface area contributed by atoms with Gasteiger partial charge in [-0.3, -0.25) is 0 Å². The number of aliphatic hydroxyl groups is 8. The van der Waals surface area contributed by atoms with Crippen LogP contribution < -0.4 is 0 Å². The predicted octanol–water partition coefficient (Wildman–Crippen LogP) is 0.853. The zero-order valence-corrected chi connectivity index (χ0v) is 35.6. The van der Waals surface area contributed by atoms with Crippen LogP contribution in [0.15, 0.2) is 11.6 Å². The smallest absolute Gasteiger partial charge is 0.187 e. The molecule has 16 heteroatoms. The fourth-order valence-corrected chi connectivity index (χ4v) is 13.7. The molecule has 0 radical (unpaired) electrons. The third kappa shape index (κ3) is 7.19. The number of hydrogen-bond donors (Lipinski definition) is 8. The minimum Gasteiger partial charge on any atom is -0.394 e. The van der Waals surface area contributed by atoms with Gasteiger partial charge in [0.25, 0.3) is 0 Å². The van der Waals surface area contributed by atoms with Gasteiger partial charge in [0.1, 0.15) is 61.0 Å². The van der Waals surface area contributed by atoms with Crippen molar-refractivity contribution in [1.82, 2.24) is 0 Å². The number of ether oxygens (including phenoxy) is 8. The second kappa shape index (κ2) is 16.5. The lowest BCUT2D eigenvalue weighted by Gasteiger charge is -2.59. The topological polar surface area (TPSA) is 236 Å². The highest BCUT2D eigenvalue weighted by Gasteiger charge is 2.69. The summed E-state index contributed by atoms with van der Waals surface area (Å²) in [7, 11) is 0. The summed E-state index contributed by atoms with van der Waals surface area (Å²) in [6.07, 6.45) is -9.49. The number of hydrogen-bond acceptors (Lipinski definition) is 16. The molecular weight excluding hydrogens is 784 g/mol. The zero-order chi connectivity index (χ0) is 42.6. The van der Waals surface area contributed by atoms with E-state index in [9.17, 15) is 40.9 Å². The van der Waals surface area contributed by atoms with Crippen molar-refractivity contribution in [1.29, 1.82) is 0 Å². The fourth-order valence-electron chi connectivity index (χ4n) is 13.7. The van der Waals surface area contributed by atoms with Crippen molar-refractivity contribution in [2.75, 3.05) is 19.8 Å². The predicted molar refractivity (Wildman–Crippen MR) is 208 cm³/mol. The molecule has 5 saturated heterocycles. The molecule has 8 fully saturated rings. The Labute approximate surface area is 352 Å². The van der Waals surface area contributed by atoms with Gasteiger partial charge in [0.2, 0.25) is 0 Å². The lowest BCUT2D eigenvalue weighted by Crippen LogP contribution is -2.66. The van der Waals surface area contributed by atoms with Crippen molar-refractivity contribution >= 4 is 0 Å². The summed E-state index contributed by atoms with van der Waals surface area (Å²) >= 11 is 0. The lowest BCUT2D eigenvalue weighted by molar-refractivity contribution is -0.390. The van der Waals surface area contributed by atoms with Crippen molar-refractivity contribution < 1.29 is 78.7 Å². The first kappa shape index (κ1) is 44.3. The molecule has 0 aromatic heterocycles. The van der Waals surface area contributed by atoms with Gasteiger partial charge >= 0.3 is 0 Å². The normalized spacial score (nSPS) is 57.9. The van der Waals surface area contributed by atoms with Gasteiger partial charge < -0.3 is 78.7 Å². The number of allylic oxidation sites excluding steroid dienone is 1. The molecule has 342 valence electrons. The van der Waals surface area contributed by atoms with Crippen molar-refractivity contribution in [2.24, 2.45) is 46.3 Å². The Morgan fingerprint density at radius 1 is 0.733 bits per heavy atom. The molecule has 4 aliphatic carbocycles. The molecule has 5 heterocycles. The summed E-state index contributed by atoms with van der Waals surface area (Å²) in [5, 5.41) is 85.1. The second-order valence-electron chi connectivity index (χ2n) is 20.6. The number of aliphatic hydroxyl groups excluding tert-OH is 8. The van der Waals surface area contributed by atoms with Crippen LogP contribution in [0, 0.1) is 46.3 Å². The van der Waals surface area contributed by atoms with E-state index in [4.69, 9.17) is 37.9 Å². The van der Waals surface area contributed by atoms with Gasteiger partial charge in [-0.05, 0) is 98.7 Å². The lowest BCUT2D eigenvalue weighted by atomic mass is 9.47. The maximum atomic E-state index is 11.5. The summed E-state index contributed by atoms with van der Waals surface area (Å²) in [5.41, 5.74) is 1.52. The molecule has 0 amide bonds. The molecular formula is C44H70O16. The molecule has 5 aliphatic heterocycles. The van der Waals surface area contributed by atoms with Crippen LogP contribution in [0.5, 0.6) is 0 Å². The van der Waals surface area contributed by atoms with E-state index in [2.05, 4.69) is 33.8 Å². The molecule has 8 N–H and O–H groups in total. The molecule has 0 aromatic carbocycles. The minimum atomic E-state index is -1.72. The Morgan fingerprint density at radius 3 is 2.22 bits per heavy atom. The van der Waals surface area contributed by atoms with Crippen LogP contribution in [0.4, 0.5) is 0 Å². The summed E-state index contributed by atoms with van der Waals surface area (Å²) in [6, 6.07) is 0. The van der Waals surface area contributed by atoms with E-state index in [1.54, 1.807) is 0 Å². The number of fused-ring (bicyclic) bond motifs is 7. The Morgan fingerprint density at radius 2 is 1.48 bits per heavy atom. The maximum Gasteiger partial charge on any atom is 0.187 e. The Kier molecular flexibility index (Phi) is 12.2. The van der Waals surface area contributed by atoms with Gasteiger partial charge in [-0.15, -0.1) is 0 Å². The molecule has 0 bridgehead atoms. The van der Waals surface area contributed by atoms with Crippen LogP contribution in [-0.2, 0) is 37.9 Å². The van der Waals surface area contributed by atoms with Crippen LogP contribution >= 0.6 is 0 Å². The minimum absolute atomic E-state index is 0.0239. The van der Waals surface area contributed by atoms with Gasteiger partial charge in [-0.2, -0.15) is 0 Å². The SMILES string of the molecule is C[C@H]1CC[C@@]2(OC1)O[C@H]1C[C@H]3[C@@H]4CC=C5C[C@@H](OC6O[C@H](CO)[C@@H](O)[C@H](O[C@@H]7OC[C@@H](O)[C@H](O)[C@H]7O)[C@H]6O[C@@H]6O[C@@H](C)[C@H](O)[C@@H](O)[C@H]6O)CC[C@]5(C)[C@H]4CC[C@]3(C)[C@H]1[C@@H]2C. The van der Waals surface area contributed by atoms with Crippen molar-refractivity contribution in [2.45, 2.75) is 196 Å². The third-order valence-corrected chi connectivity index (χ3v) is 17.3. The molecule has 9 aliphatic rings. The van der Waals surface area contributed by atoms with Gasteiger partial charge in [0, 0.05) is 12.3 Å². The largest absolute Gasteiger partial charge is 0.394 e. The third-order valence-electron chi connectivity index (χ3n) is 17.3. The highest BCUT2D eigenvalue weighted by atomic mass is 16.8. The monoisotopic (exact) mass is 854 g/mol. The molecule has 60 heavy (non-hydrogen) atoms. The molecule has 1 spiro atoms. The molecule has 1 unspecified atom stereocenters. The molecule has 25 atom stereocenters. The van der Waals surface area contributed by atoms with E-state index < -0.39 is 98.4 Å².